The Morgan fingerprint density at radius 1 is 0.848 bits per heavy atom. The molecule has 4 nitrogen and oxygen atoms in total. The summed E-state index contributed by atoms with van der Waals surface area (Å²) in [6, 6.07) is 12.4. The number of aliphatic hydroxyl groups excluding tert-OH is 1. The van der Waals surface area contributed by atoms with Gasteiger partial charge in [0.25, 0.3) is 0 Å². The van der Waals surface area contributed by atoms with Gasteiger partial charge in [0.15, 0.2) is 6.29 Å². The molecule has 3 aromatic carbocycles. The monoisotopic (exact) mass is 462 g/mol. The van der Waals surface area contributed by atoms with Gasteiger partial charge in [-0.2, -0.15) is 0 Å². The zero-order chi connectivity index (χ0) is 23.8. The van der Waals surface area contributed by atoms with E-state index in [0.29, 0.717) is 30.3 Å². The Kier molecular flexibility index (Phi) is 8.57. The maximum atomic E-state index is 13.2. The first-order valence-corrected chi connectivity index (χ1v) is 10.3. The molecule has 2 atom stereocenters. The van der Waals surface area contributed by atoms with Crippen LogP contribution in [-0.4, -0.2) is 24.3 Å². The summed E-state index contributed by atoms with van der Waals surface area (Å²) in [5.74, 6) is -2.26. The van der Waals surface area contributed by atoms with Crippen LogP contribution in [0.4, 0.5) is 17.6 Å². The van der Waals surface area contributed by atoms with Gasteiger partial charge in [-0.3, -0.25) is 4.79 Å². The first kappa shape index (κ1) is 24.4. The van der Waals surface area contributed by atoms with Gasteiger partial charge in [0.05, 0.1) is 6.61 Å². The first-order valence-electron chi connectivity index (χ1n) is 10.3. The van der Waals surface area contributed by atoms with E-state index in [0.717, 1.165) is 49.6 Å². The molecular weight excluding hydrogens is 440 g/mol. The van der Waals surface area contributed by atoms with Gasteiger partial charge in [-0.05, 0) is 60.4 Å². The van der Waals surface area contributed by atoms with Crippen LogP contribution in [0.2, 0.25) is 0 Å². The summed E-state index contributed by atoms with van der Waals surface area (Å²) < 4.78 is 62.1. The Labute approximate surface area is 188 Å². The maximum absolute atomic E-state index is 13.2. The SMILES string of the molecule is O=Cc1cc(F)cc(F)c1.OC(c1ccc(OC2CCCCO2)cc1)c1cc(F)cc(F)c1. The summed E-state index contributed by atoms with van der Waals surface area (Å²) in [7, 11) is 0. The van der Waals surface area contributed by atoms with Crippen LogP contribution >= 0.6 is 0 Å². The molecule has 0 bridgehead atoms. The van der Waals surface area contributed by atoms with Crippen molar-refractivity contribution in [2.45, 2.75) is 31.7 Å². The van der Waals surface area contributed by atoms with Crippen LogP contribution < -0.4 is 4.74 Å². The van der Waals surface area contributed by atoms with Gasteiger partial charge in [-0.25, -0.2) is 17.6 Å². The zero-order valence-corrected chi connectivity index (χ0v) is 17.5. The first-order chi connectivity index (χ1) is 15.8. The van der Waals surface area contributed by atoms with Crippen molar-refractivity contribution in [3.8, 4) is 5.75 Å². The minimum atomic E-state index is -1.10. The number of hydrogen-bond acceptors (Lipinski definition) is 4. The van der Waals surface area contributed by atoms with E-state index < -0.39 is 29.4 Å². The lowest BCUT2D eigenvalue weighted by Crippen LogP contribution is -2.24. The largest absolute Gasteiger partial charge is 0.465 e. The van der Waals surface area contributed by atoms with E-state index in [1.807, 2.05) is 0 Å². The lowest BCUT2D eigenvalue weighted by atomic mass is 10.0. The molecule has 0 amide bonds. The molecule has 1 heterocycles. The van der Waals surface area contributed by atoms with Crippen LogP contribution in [0.3, 0.4) is 0 Å². The van der Waals surface area contributed by atoms with Crippen molar-refractivity contribution in [1.29, 1.82) is 0 Å². The third-order valence-corrected chi connectivity index (χ3v) is 4.82. The molecule has 3 aromatic rings. The number of hydrogen-bond donors (Lipinski definition) is 1. The van der Waals surface area contributed by atoms with Crippen LogP contribution in [0.1, 0.15) is 46.9 Å². The van der Waals surface area contributed by atoms with Gasteiger partial charge in [0.2, 0.25) is 0 Å². The van der Waals surface area contributed by atoms with Crippen molar-refractivity contribution in [1.82, 2.24) is 0 Å². The molecule has 4 rings (SSSR count). The summed E-state index contributed by atoms with van der Waals surface area (Å²) in [5.41, 5.74) is 0.719. The molecular formula is C25H22F4O4. The Bertz CT molecular complexity index is 1030. The highest BCUT2D eigenvalue weighted by molar-refractivity contribution is 5.74. The Hall–Kier alpha value is -3.23. The number of aliphatic hydroxyl groups is 1. The third kappa shape index (κ3) is 7.40. The van der Waals surface area contributed by atoms with E-state index >= 15 is 0 Å². The summed E-state index contributed by atoms with van der Waals surface area (Å²) in [6.45, 7) is 0.701. The van der Waals surface area contributed by atoms with E-state index in [-0.39, 0.29) is 17.4 Å². The van der Waals surface area contributed by atoms with Gasteiger partial charge >= 0.3 is 0 Å². The van der Waals surface area contributed by atoms with Gasteiger partial charge in [-0.15, -0.1) is 0 Å². The normalized spacial score (nSPS) is 16.3. The fraction of sp³-hybridized carbons (Fsp3) is 0.240. The lowest BCUT2D eigenvalue weighted by Gasteiger charge is -2.23. The Balaban J connectivity index is 0.000000257. The molecule has 0 aliphatic carbocycles. The smallest absolute Gasteiger partial charge is 0.199 e. The molecule has 33 heavy (non-hydrogen) atoms. The van der Waals surface area contributed by atoms with Crippen LogP contribution in [0.15, 0.2) is 60.7 Å². The van der Waals surface area contributed by atoms with Gasteiger partial charge in [0, 0.05) is 24.1 Å². The molecule has 0 spiro atoms. The molecule has 1 aliphatic heterocycles. The number of halogens is 4. The van der Waals surface area contributed by atoms with Gasteiger partial charge < -0.3 is 14.6 Å². The van der Waals surface area contributed by atoms with E-state index in [1.165, 1.54) is 0 Å². The second kappa shape index (κ2) is 11.6. The fourth-order valence-electron chi connectivity index (χ4n) is 3.25. The second-order valence-electron chi connectivity index (χ2n) is 7.41. The zero-order valence-electron chi connectivity index (χ0n) is 17.5. The molecule has 174 valence electrons. The average Bonchev–Trinajstić information content (AvgIpc) is 2.79. The minimum Gasteiger partial charge on any atom is -0.465 e. The van der Waals surface area contributed by atoms with Gasteiger partial charge in [0.1, 0.15) is 41.4 Å². The molecule has 0 saturated carbocycles. The highest BCUT2D eigenvalue weighted by Crippen LogP contribution is 2.26. The van der Waals surface area contributed by atoms with Crippen LogP contribution in [0.25, 0.3) is 0 Å². The van der Waals surface area contributed by atoms with Crippen molar-refractivity contribution in [2.24, 2.45) is 0 Å². The molecule has 1 saturated heterocycles. The summed E-state index contributed by atoms with van der Waals surface area (Å²) in [4.78, 5) is 9.98. The number of benzene rings is 3. The average molecular weight is 462 g/mol. The van der Waals surface area contributed by atoms with E-state index in [1.54, 1.807) is 24.3 Å². The van der Waals surface area contributed by atoms with Crippen LogP contribution in [-0.2, 0) is 4.74 Å². The van der Waals surface area contributed by atoms with Crippen LogP contribution in [0, 0.1) is 23.3 Å². The lowest BCUT2D eigenvalue weighted by molar-refractivity contribution is -0.105. The van der Waals surface area contributed by atoms with E-state index in [9.17, 15) is 27.5 Å². The summed E-state index contributed by atoms with van der Waals surface area (Å²) >= 11 is 0. The topological polar surface area (TPSA) is 55.8 Å². The maximum Gasteiger partial charge on any atom is 0.199 e. The summed E-state index contributed by atoms with van der Waals surface area (Å²) in [6.07, 6.45) is 2.04. The molecule has 0 aromatic heterocycles. The molecule has 2 unspecified atom stereocenters. The van der Waals surface area contributed by atoms with Crippen molar-refractivity contribution in [2.75, 3.05) is 6.61 Å². The van der Waals surface area contributed by atoms with E-state index in [2.05, 4.69) is 0 Å². The minimum absolute atomic E-state index is 0.0116. The number of ether oxygens (including phenoxy) is 2. The summed E-state index contributed by atoms with van der Waals surface area (Å²) in [5, 5.41) is 10.3. The predicted octanol–water partition coefficient (Wildman–Crippen LogP) is 5.73. The quantitative estimate of drug-likeness (QED) is 0.389. The van der Waals surface area contributed by atoms with Crippen molar-refractivity contribution >= 4 is 6.29 Å². The molecule has 1 N–H and O–H groups in total. The highest BCUT2D eigenvalue weighted by atomic mass is 19.1. The Morgan fingerprint density at radius 2 is 1.42 bits per heavy atom. The molecule has 0 radical (unpaired) electrons. The predicted molar refractivity (Wildman–Crippen MR) is 113 cm³/mol. The van der Waals surface area contributed by atoms with Crippen molar-refractivity contribution in [3.63, 3.8) is 0 Å². The van der Waals surface area contributed by atoms with Crippen molar-refractivity contribution in [3.05, 3.63) is 101 Å². The van der Waals surface area contributed by atoms with Gasteiger partial charge in [-0.1, -0.05) is 12.1 Å². The van der Waals surface area contributed by atoms with Crippen molar-refractivity contribution < 1.29 is 36.9 Å². The van der Waals surface area contributed by atoms with Crippen LogP contribution in [0.5, 0.6) is 5.75 Å². The second-order valence-corrected chi connectivity index (χ2v) is 7.41. The number of aldehydes is 1. The number of carbonyl (C=O) groups is 1. The number of carbonyl (C=O) groups excluding carboxylic acids is 1. The molecule has 1 fully saturated rings. The number of rotatable bonds is 5. The van der Waals surface area contributed by atoms with E-state index in [4.69, 9.17) is 9.47 Å². The fourth-order valence-corrected chi connectivity index (χ4v) is 3.25. The third-order valence-electron chi connectivity index (χ3n) is 4.82. The highest BCUT2D eigenvalue weighted by Gasteiger charge is 2.16. The standard InChI is InChI=1S/C18H18F2O3.C7H4F2O/c19-14-9-13(10-15(20)11-14)18(21)12-4-6-16(7-5-12)23-17-3-1-2-8-22-17;8-6-1-5(4-10)2-7(9)3-6/h4-7,9-11,17-18,21H,1-3,8H2;1-4H. The molecule has 1 aliphatic rings. The molecule has 8 heteroatoms. The Morgan fingerprint density at radius 3 is 1.94 bits per heavy atom.